The number of carbonyl (C=O) groups excluding carboxylic acids is 2. The Morgan fingerprint density at radius 1 is 1.06 bits per heavy atom. The second-order valence-corrected chi connectivity index (χ2v) is 10.8. The number of aromatic nitrogens is 1. The molecular weight excluding hydrogens is 458 g/mol. The molecule has 9 heteroatoms. The van der Waals surface area contributed by atoms with Crippen molar-refractivity contribution in [3.05, 3.63) is 77.9 Å². The molecule has 1 saturated heterocycles. The van der Waals surface area contributed by atoms with Gasteiger partial charge in [-0.15, -0.1) is 11.3 Å². The summed E-state index contributed by atoms with van der Waals surface area (Å²) in [6.45, 7) is 2.05. The average Bonchev–Trinajstić information content (AvgIpc) is 3.33. The van der Waals surface area contributed by atoms with Crippen LogP contribution in [-0.4, -0.2) is 31.0 Å². The van der Waals surface area contributed by atoms with Crippen LogP contribution in [0, 0.1) is 6.92 Å². The largest absolute Gasteiger partial charge is 0.322 e. The number of carbonyl (C=O) groups is 2. The topological polar surface area (TPSA) is 96.4 Å². The van der Waals surface area contributed by atoms with Crippen LogP contribution in [0.25, 0.3) is 20.8 Å². The molecule has 1 aliphatic rings. The Kier molecular flexibility index (Phi) is 5.22. The standard InChI is InChI=1S/C24H19N3O4S2/c1-15-5-10-20-21(13-15)32-24(26-20)16-6-8-18(9-7-16)25-23(29)17-3-2-4-19(14-17)27-22(28)11-12-33(27,30)31/h2-10,13-14H,11-12H2,1H3,(H,25,29). The molecule has 2 amide bonds. The van der Waals surface area contributed by atoms with E-state index in [1.54, 1.807) is 35.6 Å². The van der Waals surface area contributed by atoms with Crippen LogP contribution in [0.3, 0.4) is 0 Å². The number of hydrogen-bond acceptors (Lipinski definition) is 6. The number of fused-ring (bicyclic) bond motifs is 1. The first-order valence-electron chi connectivity index (χ1n) is 10.2. The highest BCUT2D eigenvalue weighted by Gasteiger charge is 2.36. The molecule has 3 aromatic carbocycles. The lowest BCUT2D eigenvalue weighted by molar-refractivity contribution is -0.116. The first-order chi connectivity index (χ1) is 15.8. The van der Waals surface area contributed by atoms with Crippen molar-refractivity contribution in [1.82, 2.24) is 4.98 Å². The number of nitrogens with zero attached hydrogens (tertiary/aromatic N) is 2. The van der Waals surface area contributed by atoms with Crippen molar-refractivity contribution >= 4 is 54.8 Å². The van der Waals surface area contributed by atoms with Crippen LogP contribution in [0.1, 0.15) is 22.3 Å². The Bertz CT molecular complexity index is 1510. The van der Waals surface area contributed by atoms with E-state index >= 15 is 0 Å². The molecule has 33 heavy (non-hydrogen) atoms. The summed E-state index contributed by atoms with van der Waals surface area (Å²) in [5, 5.41) is 3.71. The lowest BCUT2D eigenvalue weighted by atomic mass is 10.1. The zero-order chi connectivity index (χ0) is 23.2. The molecule has 0 radical (unpaired) electrons. The molecule has 1 aromatic heterocycles. The first-order valence-corrected chi connectivity index (χ1v) is 12.7. The monoisotopic (exact) mass is 477 g/mol. The number of sulfonamides is 1. The van der Waals surface area contributed by atoms with Gasteiger partial charge in [0, 0.05) is 23.2 Å². The van der Waals surface area contributed by atoms with Crippen molar-refractivity contribution in [3.8, 4) is 10.6 Å². The normalized spacial score (nSPS) is 15.2. The summed E-state index contributed by atoms with van der Waals surface area (Å²) in [7, 11) is -3.69. The fraction of sp³-hybridized carbons (Fsp3) is 0.125. The maximum absolute atomic E-state index is 12.8. The molecule has 1 N–H and O–H groups in total. The summed E-state index contributed by atoms with van der Waals surface area (Å²) in [6.07, 6.45) is -0.0562. The maximum atomic E-state index is 12.8. The fourth-order valence-electron chi connectivity index (χ4n) is 3.70. The fourth-order valence-corrected chi connectivity index (χ4v) is 6.22. The van der Waals surface area contributed by atoms with E-state index in [-0.39, 0.29) is 23.4 Å². The predicted octanol–water partition coefficient (Wildman–Crippen LogP) is 4.59. The van der Waals surface area contributed by atoms with Crippen molar-refractivity contribution in [2.45, 2.75) is 13.3 Å². The highest BCUT2D eigenvalue weighted by molar-refractivity contribution is 7.94. The molecule has 0 aliphatic carbocycles. The van der Waals surface area contributed by atoms with Gasteiger partial charge in [0.1, 0.15) is 5.01 Å². The van der Waals surface area contributed by atoms with E-state index in [9.17, 15) is 18.0 Å². The van der Waals surface area contributed by atoms with Gasteiger partial charge in [-0.05, 0) is 67.1 Å². The lowest BCUT2D eigenvalue weighted by Gasteiger charge is -2.15. The van der Waals surface area contributed by atoms with Crippen molar-refractivity contribution < 1.29 is 18.0 Å². The molecular formula is C24H19N3O4S2. The molecule has 4 aromatic rings. The molecule has 1 aliphatic heterocycles. The van der Waals surface area contributed by atoms with Crippen LogP contribution in [-0.2, 0) is 14.8 Å². The Morgan fingerprint density at radius 3 is 2.58 bits per heavy atom. The minimum absolute atomic E-state index is 0.0562. The summed E-state index contributed by atoms with van der Waals surface area (Å²) in [6, 6.07) is 19.6. The summed E-state index contributed by atoms with van der Waals surface area (Å²) in [4.78, 5) is 29.5. The summed E-state index contributed by atoms with van der Waals surface area (Å²) in [5.74, 6) is -1.11. The van der Waals surface area contributed by atoms with E-state index < -0.39 is 21.8 Å². The van der Waals surface area contributed by atoms with Gasteiger partial charge in [0.2, 0.25) is 15.9 Å². The highest BCUT2D eigenvalue weighted by Crippen LogP contribution is 2.31. The van der Waals surface area contributed by atoms with Gasteiger partial charge in [-0.2, -0.15) is 0 Å². The van der Waals surface area contributed by atoms with Crippen LogP contribution in [0.4, 0.5) is 11.4 Å². The maximum Gasteiger partial charge on any atom is 0.255 e. The van der Waals surface area contributed by atoms with Crippen LogP contribution >= 0.6 is 11.3 Å². The van der Waals surface area contributed by atoms with Gasteiger partial charge in [0.05, 0.1) is 21.7 Å². The van der Waals surface area contributed by atoms with Crippen molar-refractivity contribution in [2.24, 2.45) is 0 Å². The van der Waals surface area contributed by atoms with Gasteiger partial charge >= 0.3 is 0 Å². The molecule has 0 unspecified atom stereocenters. The van der Waals surface area contributed by atoms with E-state index in [1.807, 2.05) is 31.2 Å². The number of amides is 2. The molecule has 2 heterocycles. The van der Waals surface area contributed by atoms with Gasteiger partial charge in [0.25, 0.3) is 5.91 Å². The summed E-state index contributed by atoms with van der Waals surface area (Å²) in [5.41, 5.74) is 4.12. The predicted molar refractivity (Wildman–Crippen MR) is 130 cm³/mol. The van der Waals surface area contributed by atoms with E-state index in [0.717, 1.165) is 25.1 Å². The zero-order valence-corrected chi connectivity index (χ0v) is 19.2. The molecule has 0 bridgehead atoms. The summed E-state index contributed by atoms with van der Waals surface area (Å²) >= 11 is 1.62. The van der Waals surface area contributed by atoms with E-state index in [1.165, 1.54) is 17.7 Å². The Balaban J connectivity index is 1.34. The average molecular weight is 478 g/mol. The Morgan fingerprint density at radius 2 is 1.85 bits per heavy atom. The zero-order valence-electron chi connectivity index (χ0n) is 17.6. The number of hydrogen-bond donors (Lipinski definition) is 1. The minimum atomic E-state index is -3.69. The molecule has 0 saturated carbocycles. The van der Waals surface area contributed by atoms with Crippen LogP contribution in [0.2, 0.25) is 0 Å². The van der Waals surface area contributed by atoms with Crippen molar-refractivity contribution in [1.29, 1.82) is 0 Å². The van der Waals surface area contributed by atoms with Crippen molar-refractivity contribution in [3.63, 3.8) is 0 Å². The molecule has 7 nitrogen and oxygen atoms in total. The Hall–Kier alpha value is -3.56. The number of rotatable bonds is 4. The van der Waals surface area contributed by atoms with Gasteiger partial charge < -0.3 is 5.32 Å². The third-order valence-corrected chi connectivity index (χ3v) is 8.11. The third kappa shape index (κ3) is 4.12. The number of anilines is 2. The smallest absolute Gasteiger partial charge is 0.255 e. The van der Waals surface area contributed by atoms with Crippen LogP contribution < -0.4 is 9.62 Å². The lowest BCUT2D eigenvalue weighted by Crippen LogP contribution is -2.29. The van der Waals surface area contributed by atoms with E-state index in [4.69, 9.17) is 0 Å². The number of aryl methyl sites for hydroxylation is 1. The van der Waals surface area contributed by atoms with Gasteiger partial charge in [-0.3, -0.25) is 9.59 Å². The van der Waals surface area contributed by atoms with Crippen molar-refractivity contribution in [2.75, 3.05) is 15.4 Å². The minimum Gasteiger partial charge on any atom is -0.322 e. The van der Waals surface area contributed by atoms with Crippen LogP contribution in [0.5, 0.6) is 0 Å². The highest BCUT2D eigenvalue weighted by atomic mass is 32.2. The summed E-state index contributed by atoms with van der Waals surface area (Å²) < 4.78 is 26.2. The second kappa shape index (κ2) is 8.09. The number of nitrogens with one attached hydrogen (secondary N) is 1. The van der Waals surface area contributed by atoms with E-state index in [0.29, 0.717) is 5.69 Å². The SMILES string of the molecule is Cc1ccc2nc(-c3ccc(NC(=O)c4cccc(N5C(=O)CCS5(=O)=O)c4)cc3)sc2c1. The van der Waals surface area contributed by atoms with Gasteiger partial charge in [-0.1, -0.05) is 12.1 Å². The number of benzene rings is 3. The van der Waals surface area contributed by atoms with Crippen LogP contribution in [0.15, 0.2) is 66.7 Å². The van der Waals surface area contributed by atoms with Gasteiger partial charge in [0.15, 0.2) is 0 Å². The molecule has 0 atom stereocenters. The second-order valence-electron chi connectivity index (χ2n) is 7.80. The molecule has 0 spiro atoms. The Labute approximate surface area is 194 Å². The van der Waals surface area contributed by atoms with Gasteiger partial charge in [-0.25, -0.2) is 17.7 Å². The first kappa shape index (κ1) is 21.3. The number of thiazole rings is 1. The molecule has 5 rings (SSSR count). The molecule has 1 fully saturated rings. The van der Waals surface area contributed by atoms with E-state index in [2.05, 4.69) is 16.4 Å². The third-order valence-electron chi connectivity index (χ3n) is 5.36. The quantitative estimate of drug-likeness (QED) is 0.464. The molecule has 166 valence electrons.